The van der Waals surface area contributed by atoms with Crippen molar-refractivity contribution >= 4 is 33.3 Å². The van der Waals surface area contributed by atoms with Gasteiger partial charge in [0.15, 0.2) is 17.3 Å². The molecule has 9 heteroatoms. The Morgan fingerprint density at radius 2 is 2.19 bits per heavy atom. The maximum Gasteiger partial charge on any atom is 0.202 e. The first-order valence-corrected chi connectivity index (χ1v) is 12.9. The molecule has 1 aromatic carbocycles. The van der Waals surface area contributed by atoms with E-state index in [2.05, 4.69) is 45.2 Å². The summed E-state index contributed by atoms with van der Waals surface area (Å²) in [6.07, 6.45) is 3.92. The Bertz CT molecular complexity index is 1290. The summed E-state index contributed by atoms with van der Waals surface area (Å²) in [6.45, 7) is 7.54. The molecule has 166 valence electrons. The Kier molecular flexibility index (Phi) is 4.89. The van der Waals surface area contributed by atoms with Crippen LogP contribution in [0.25, 0.3) is 21.8 Å². The molecular formula is C23H26N6OS2. The predicted molar refractivity (Wildman–Crippen MR) is 127 cm³/mol. The number of thioether (sulfide) groups is 1. The number of piperidine rings is 1. The summed E-state index contributed by atoms with van der Waals surface area (Å²) in [5.41, 5.74) is 3.87. The highest BCUT2D eigenvalue weighted by Gasteiger charge is 2.60. The molecule has 0 N–H and O–H groups in total. The van der Waals surface area contributed by atoms with Crippen molar-refractivity contribution in [1.29, 1.82) is 0 Å². The standard InChI is InChI=1S/C23H26N6OS2/c1-14-20(30-13-24-14)21-26-27-22(28(21)3)31-8-4-7-29-11-17-10-23(17,12-29)16-5-6-19-18(9-16)25-15(2)32-19/h5-6,9,13,17H,4,7-8,10-12H2,1-3H3/t17-,23+/m1/s1. The number of rotatable bonds is 7. The maximum atomic E-state index is 5.47. The highest BCUT2D eigenvalue weighted by Crippen LogP contribution is 2.59. The summed E-state index contributed by atoms with van der Waals surface area (Å²) < 4.78 is 8.77. The molecule has 7 nitrogen and oxygen atoms in total. The Labute approximate surface area is 195 Å². The second-order valence-electron chi connectivity index (χ2n) is 9.04. The van der Waals surface area contributed by atoms with E-state index in [9.17, 15) is 0 Å². The van der Waals surface area contributed by atoms with Crippen molar-refractivity contribution in [2.24, 2.45) is 13.0 Å². The lowest BCUT2D eigenvalue weighted by Gasteiger charge is -2.21. The average Bonchev–Trinajstić information content (AvgIpc) is 3.20. The third kappa shape index (κ3) is 3.38. The van der Waals surface area contributed by atoms with E-state index in [4.69, 9.17) is 9.40 Å². The van der Waals surface area contributed by atoms with Crippen LogP contribution >= 0.6 is 23.1 Å². The molecule has 4 aromatic rings. The Hall–Kier alpha value is -2.23. The van der Waals surface area contributed by atoms with Crippen LogP contribution in [-0.2, 0) is 12.5 Å². The van der Waals surface area contributed by atoms with Crippen LogP contribution in [0.5, 0.6) is 0 Å². The minimum atomic E-state index is 0.367. The van der Waals surface area contributed by atoms with Gasteiger partial charge in [-0.15, -0.1) is 21.5 Å². The van der Waals surface area contributed by atoms with Crippen LogP contribution in [0, 0.1) is 19.8 Å². The van der Waals surface area contributed by atoms with Crippen molar-refractivity contribution in [3.8, 4) is 11.6 Å². The molecule has 2 atom stereocenters. The number of fused-ring (bicyclic) bond motifs is 2. The van der Waals surface area contributed by atoms with Gasteiger partial charge in [-0.25, -0.2) is 9.97 Å². The van der Waals surface area contributed by atoms with Crippen LogP contribution in [0.15, 0.2) is 34.2 Å². The second kappa shape index (κ2) is 7.67. The SMILES string of the molecule is Cc1nc2cc([C@@]34C[C@@H]3CN(CCCSc3nnc(-c5ocnc5C)n3C)C4)ccc2s1. The number of benzene rings is 1. The molecule has 3 aromatic heterocycles. The molecule has 0 bridgehead atoms. The molecular weight excluding hydrogens is 440 g/mol. The van der Waals surface area contributed by atoms with Gasteiger partial charge in [0.25, 0.3) is 0 Å². The molecule has 0 spiro atoms. The van der Waals surface area contributed by atoms with Crippen molar-refractivity contribution in [1.82, 2.24) is 29.6 Å². The molecule has 32 heavy (non-hydrogen) atoms. The molecule has 0 amide bonds. The number of hydrogen-bond donors (Lipinski definition) is 0. The van der Waals surface area contributed by atoms with Crippen LogP contribution in [-0.4, -0.2) is 55.0 Å². The van der Waals surface area contributed by atoms with Gasteiger partial charge in [-0.3, -0.25) is 0 Å². The van der Waals surface area contributed by atoms with E-state index >= 15 is 0 Å². The van der Waals surface area contributed by atoms with Crippen molar-refractivity contribution in [2.45, 2.75) is 37.3 Å². The predicted octanol–water partition coefficient (Wildman–Crippen LogP) is 4.45. The van der Waals surface area contributed by atoms with E-state index < -0.39 is 0 Å². The highest BCUT2D eigenvalue weighted by molar-refractivity contribution is 7.99. The zero-order valence-corrected chi connectivity index (χ0v) is 20.2. The lowest BCUT2D eigenvalue weighted by atomic mass is 9.95. The van der Waals surface area contributed by atoms with E-state index in [1.54, 1.807) is 23.1 Å². The fourth-order valence-electron chi connectivity index (χ4n) is 5.16. The van der Waals surface area contributed by atoms with Gasteiger partial charge in [0.1, 0.15) is 0 Å². The zero-order valence-electron chi connectivity index (χ0n) is 18.5. The van der Waals surface area contributed by atoms with Crippen molar-refractivity contribution in [2.75, 3.05) is 25.4 Å². The maximum absolute atomic E-state index is 5.47. The Morgan fingerprint density at radius 3 is 3.03 bits per heavy atom. The lowest BCUT2D eigenvalue weighted by molar-refractivity contribution is 0.299. The quantitative estimate of drug-likeness (QED) is 0.294. The van der Waals surface area contributed by atoms with Crippen molar-refractivity contribution < 1.29 is 4.42 Å². The monoisotopic (exact) mass is 466 g/mol. The number of aromatic nitrogens is 5. The van der Waals surface area contributed by atoms with Gasteiger partial charge >= 0.3 is 0 Å². The first-order valence-electron chi connectivity index (χ1n) is 11.1. The number of oxazole rings is 1. The number of thiazole rings is 1. The Morgan fingerprint density at radius 1 is 1.28 bits per heavy atom. The number of nitrogens with zero attached hydrogens (tertiary/aromatic N) is 6. The topological polar surface area (TPSA) is 72.9 Å². The summed E-state index contributed by atoms with van der Waals surface area (Å²) in [5.74, 6) is 3.26. The number of hydrogen-bond acceptors (Lipinski definition) is 8. The first-order chi connectivity index (χ1) is 15.5. The minimum absolute atomic E-state index is 0.367. The molecule has 2 fully saturated rings. The average molecular weight is 467 g/mol. The molecule has 2 aliphatic rings. The third-order valence-corrected chi connectivity index (χ3v) is 8.98. The first kappa shape index (κ1) is 20.4. The summed E-state index contributed by atoms with van der Waals surface area (Å²) in [7, 11) is 1.98. The Balaban J connectivity index is 1.04. The summed E-state index contributed by atoms with van der Waals surface area (Å²) in [6, 6.07) is 6.97. The van der Waals surface area contributed by atoms with E-state index in [-0.39, 0.29) is 0 Å². The van der Waals surface area contributed by atoms with Gasteiger partial charge in [-0.2, -0.15) is 0 Å². The largest absolute Gasteiger partial charge is 0.440 e. The van der Waals surface area contributed by atoms with Crippen molar-refractivity contribution in [3.63, 3.8) is 0 Å². The fraction of sp³-hybridized carbons (Fsp3) is 0.478. The third-order valence-electron chi connectivity index (χ3n) is 6.92. The zero-order chi connectivity index (χ0) is 21.9. The number of aryl methyl sites for hydroxylation is 2. The van der Waals surface area contributed by atoms with Crippen molar-refractivity contribution in [3.05, 3.63) is 40.9 Å². The molecule has 4 heterocycles. The molecule has 1 aliphatic heterocycles. The van der Waals surface area contributed by atoms with Gasteiger partial charge in [0, 0.05) is 31.3 Å². The fourth-order valence-corrected chi connectivity index (χ4v) is 6.81. The van der Waals surface area contributed by atoms with Crippen LogP contribution in [0.3, 0.4) is 0 Å². The van der Waals surface area contributed by atoms with E-state index in [1.165, 1.54) is 41.7 Å². The summed E-state index contributed by atoms with van der Waals surface area (Å²) in [5, 5.41) is 10.7. The van der Waals surface area contributed by atoms with Crippen LogP contribution < -0.4 is 0 Å². The van der Waals surface area contributed by atoms with E-state index in [0.29, 0.717) is 11.2 Å². The molecule has 1 aliphatic carbocycles. The molecule has 1 saturated carbocycles. The molecule has 1 saturated heterocycles. The number of likely N-dealkylation sites (tertiary alicyclic amines) is 1. The smallest absolute Gasteiger partial charge is 0.202 e. The molecule has 6 rings (SSSR count). The van der Waals surface area contributed by atoms with E-state index in [1.807, 2.05) is 18.5 Å². The van der Waals surface area contributed by atoms with Crippen LogP contribution in [0.4, 0.5) is 0 Å². The minimum Gasteiger partial charge on any atom is -0.440 e. The highest BCUT2D eigenvalue weighted by atomic mass is 32.2. The molecule has 0 radical (unpaired) electrons. The van der Waals surface area contributed by atoms with Crippen LogP contribution in [0.2, 0.25) is 0 Å². The van der Waals surface area contributed by atoms with Gasteiger partial charge in [-0.05, 0) is 56.8 Å². The normalized spacial score (nSPS) is 22.7. The van der Waals surface area contributed by atoms with Gasteiger partial charge < -0.3 is 13.9 Å². The van der Waals surface area contributed by atoms with Gasteiger partial charge in [-0.1, -0.05) is 17.8 Å². The summed E-state index contributed by atoms with van der Waals surface area (Å²) >= 11 is 3.55. The van der Waals surface area contributed by atoms with E-state index in [0.717, 1.165) is 46.3 Å². The molecule has 0 unspecified atom stereocenters. The van der Waals surface area contributed by atoms with Gasteiger partial charge in [0.05, 0.1) is 20.9 Å². The second-order valence-corrected chi connectivity index (χ2v) is 11.3. The lowest BCUT2D eigenvalue weighted by Crippen LogP contribution is -2.27. The van der Waals surface area contributed by atoms with Crippen LogP contribution in [0.1, 0.15) is 29.1 Å². The summed E-state index contributed by atoms with van der Waals surface area (Å²) in [4.78, 5) is 11.5. The van der Waals surface area contributed by atoms with Gasteiger partial charge in [0.2, 0.25) is 5.82 Å².